The summed E-state index contributed by atoms with van der Waals surface area (Å²) in [7, 11) is 0. The molecular formula is C16H14N2O3. The second-order valence-corrected chi connectivity index (χ2v) is 4.09. The van der Waals surface area contributed by atoms with Crippen molar-refractivity contribution in [2.24, 2.45) is 0 Å². The first-order chi connectivity index (χ1) is 10.3. The molecule has 1 N–H and O–H groups in total. The first-order valence-electron chi connectivity index (χ1n) is 6.42. The zero-order valence-electron chi connectivity index (χ0n) is 11.5. The molecule has 106 valence electrons. The summed E-state index contributed by atoms with van der Waals surface area (Å²) in [5, 5.41) is 11.5. The topological polar surface area (TPSA) is 71.3 Å². The van der Waals surface area contributed by atoms with Gasteiger partial charge in [0.25, 0.3) is 0 Å². The van der Waals surface area contributed by atoms with E-state index in [0.29, 0.717) is 41.5 Å². The first-order valence-corrected chi connectivity index (χ1v) is 6.42. The first kappa shape index (κ1) is 14.4. The molecule has 0 atom stereocenters. The summed E-state index contributed by atoms with van der Waals surface area (Å²) < 4.78 is 11.1. The minimum Gasteiger partial charge on any atom is -0.492 e. The summed E-state index contributed by atoms with van der Waals surface area (Å²) in [5.74, 6) is 1.70. The van der Waals surface area contributed by atoms with Gasteiger partial charge in [-0.1, -0.05) is 0 Å². The fraction of sp³-hybridized carbons (Fsp3) is 0.125. The average molecular weight is 282 g/mol. The highest BCUT2D eigenvalue weighted by atomic mass is 16.5. The molecule has 0 bridgehead atoms. The average Bonchev–Trinajstić information content (AvgIpc) is 2.50. The third-order valence-electron chi connectivity index (χ3n) is 2.69. The Bertz CT molecular complexity index is 660. The number of carbonyl (C=O) groups is 1. The summed E-state index contributed by atoms with van der Waals surface area (Å²) >= 11 is 0. The zero-order chi connectivity index (χ0) is 15.1. The van der Waals surface area contributed by atoms with Gasteiger partial charge in [-0.2, -0.15) is 5.26 Å². The molecule has 0 aliphatic rings. The van der Waals surface area contributed by atoms with Crippen molar-refractivity contribution in [1.82, 2.24) is 0 Å². The highest BCUT2D eigenvalue weighted by molar-refractivity contribution is 5.71. The lowest BCUT2D eigenvalue weighted by Gasteiger charge is -2.10. The Labute approximate surface area is 122 Å². The van der Waals surface area contributed by atoms with Crippen molar-refractivity contribution in [1.29, 1.82) is 5.26 Å². The van der Waals surface area contributed by atoms with Crippen LogP contribution < -0.4 is 14.8 Å². The van der Waals surface area contributed by atoms with Crippen LogP contribution in [0, 0.1) is 11.3 Å². The van der Waals surface area contributed by atoms with Crippen LogP contribution >= 0.6 is 0 Å². The maximum Gasteiger partial charge on any atom is 0.211 e. The number of ether oxygens (including phenoxy) is 2. The van der Waals surface area contributed by atoms with E-state index in [-0.39, 0.29) is 0 Å². The number of nitrogens with zero attached hydrogens (tertiary/aromatic N) is 1. The molecule has 0 radical (unpaired) electrons. The predicted molar refractivity (Wildman–Crippen MR) is 78.5 cm³/mol. The number of amides is 1. The van der Waals surface area contributed by atoms with Crippen molar-refractivity contribution in [2.45, 2.75) is 6.92 Å². The number of nitrogens with one attached hydrogen (secondary N) is 1. The number of rotatable bonds is 6. The second-order valence-electron chi connectivity index (χ2n) is 4.09. The van der Waals surface area contributed by atoms with E-state index < -0.39 is 0 Å². The molecular weight excluding hydrogens is 268 g/mol. The van der Waals surface area contributed by atoms with Crippen LogP contribution in [0.3, 0.4) is 0 Å². The molecule has 0 saturated carbocycles. The van der Waals surface area contributed by atoms with Gasteiger partial charge in [-0.3, -0.25) is 4.79 Å². The summed E-state index contributed by atoms with van der Waals surface area (Å²) in [4.78, 5) is 10.3. The van der Waals surface area contributed by atoms with Gasteiger partial charge in [-0.15, -0.1) is 0 Å². The molecule has 0 fully saturated rings. The lowest BCUT2D eigenvalue weighted by molar-refractivity contribution is -0.105. The molecule has 2 aromatic carbocycles. The van der Waals surface area contributed by atoms with E-state index >= 15 is 0 Å². The van der Waals surface area contributed by atoms with E-state index in [1.165, 1.54) is 0 Å². The molecule has 0 aliphatic carbocycles. The van der Waals surface area contributed by atoms with Gasteiger partial charge < -0.3 is 14.8 Å². The van der Waals surface area contributed by atoms with Crippen molar-refractivity contribution in [3.8, 4) is 23.3 Å². The quantitative estimate of drug-likeness (QED) is 0.825. The third kappa shape index (κ3) is 3.74. The van der Waals surface area contributed by atoms with Crippen molar-refractivity contribution >= 4 is 12.1 Å². The van der Waals surface area contributed by atoms with Gasteiger partial charge in [-0.25, -0.2) is 0 Å². The monoisotopic (exact) mass is 282 g/mol. The van der Waals surface area contributed by atoms with Gasteiger partial charge in [0.1, 0.15) is 23.3 Å². The standard InChI is InChI=1S/C16H14N2O3/c1-2-20-16-9-15(6-3-12(16)10-17)21-14-7-4-13(5-8-14)18-11-19/h3-9,11H,2H2,1H3,(H,18,19). The number of anilines is 1. The van der Waals surface area contributed by atoms with E-state index in [1.54, 1.807) is 42.5 Å². The Morgan fingerprint density at radius 3 is 2.52 bits per heavy atom. The van der Waals surface area contributed by atoms with Gasteiger partial charge in [-0.05, 0) is 43.3 Å². The predicted octanol–water partition coefficient (Wildman–Crippen LogP) is 3.32. The minimum absolute atomic E-state index is 0.467. The second kappa shape index (κ2) is 6.96. The molecule has 0 aliphatic heterocycles. The minimum atomic E-state index is 0.467. The maximum absolute atomic E-state index is 10.3. The van der Waals surface area contributed by atoms with Crippen LogP contribution in [0.2, 0.25) is 0 Å². The highest BCUT2D eigenvalue weighted by Crippen LogP contribution is 2.28. The van der Waals surface area contributed by atoms with Crippen LogP contribution in [0.4, 0.5) is 5.69 Å². The SMILES string of the molecule is CCOc1cc(Oc2ccc(NC=O)cc2)ccc1C#N. The van der Waals surface area contributed by atoms with E-state index in [4.69, 9.17) is 14.7 Å². The Morgan fingerprint density at radius 2 is 1.90 bits per heavy atom. The Hall–Kier alpha value is -3.00. The van der Waals surface area contributed by atoms with Crippen molar-refractivity contribution in [2.75, 3.05) is 11.9 Å². The van der Waals surface area contributed by atoms with Gasteiger partial charge in [0.05, 0.1) is 12.2 Å². The van der Waals surface area contributed by atoms with Crippen LogP contribution in [-0.2, 0) is 4.79 Å². The molecule has 0 heterocycles. The largest absolute Gasteiger partial charge is 0.492 e. The maximum atomic E-state index is 10.3. The molecule has 0 spiro atoms. The lowest BCUT2D eigenvalue weighted by Crippen LogP contribution is -1.95. The van der Waals surface area contributed by atoms with Crippen LogP contribution in [0.1, 0.15) is 12.5 Å². The highest BCUT2D eigenvalue weighted by Gasteiger charge is 2.06. The molecule has 5 nitrogen and oxygen atoms in total. The van der Waals surface area contributed by atoms with Crippen LogP contribution in [-0.4, -0.2) is 13.0 Å². The zero-order valence-corrected chi connectivity index (χ0v) is 11.5. The van der Waals surface area contributed by atoms with Crippen LogP contribution in [0.15, 0.2) is 42.5 Å². The van der Waals surface area contributed by atoms with Gasteiger partial charge in [0, 0.05) is 11.8 Å². The molecule has 0 saturated heterocycles. The van der Waals surface area contributed by atoms with E-state index in [0.717, 1.165) is 0 Å². The number of carbonyl (C=O) groups excluding carboxylic acids is 1. The molecule has 0 aromatic heterocycles. The van der Waals surface area contributed by atoms with Crippen LogP contribution in [0.5, 0.6) is 17.2 Å². The summed E-state index contributed by atoms with van der Waals surface area (Å²) in [5.41, 5.74) is 1.15. The number of benzene rings is 2. The number of hydrogen-bond acceptors (Lipinski definition) is 4. The fourth-order valence-corrected chi connectivity index (χ4v) is 1.76. The molecule has 0 unspecified atom stereocenters. The Morgan fingerprint density at radius 1 is 1.19 bits per heavy atom. The third-order valence-corrected chi connectivity index (χ3v) is 2.69. The van der Waals surface area contributed by atoms with E-state index in [9.17, 15) is 4.79 Å². The molecule has 2 rings (SSSR count). The molecule has 2 aromatic rings. The summed E-state index contributed by atoms with van der Waals surface area (Å²) in [6.45, 7) is 2.33. The summed E-state index contributed by atoms with van der Waals surface area (Å²) in [6, 6.07) is 14.1. The van der Waals surface area contributed by atoms with Crippen molar-refractivity contribution < 1.29 is 14.3 Å². The molecule has 21 heavy (non-hydrogen) atoms. The van der Waals surface area contributed by atoms with Gasteiger partial charge in [0.15, 0.2) is 0 Å². The lowest BCUT2D eigenvalue weighted by atomic mass is 10.2. The smallest absolute Gasteiger partial charge is 0.211 e. The van der Waals surface area contributed by atoms with E-state index in [2.05, 4.69) is 11.4 Å². The van der Waals surface area contributed by atoms with E-state index in [1.807, 2.05) is 6.92 Å². The molecule has 5 heteroatoms. The van der Waals surface area contributed by atoms with Gasteiger partial charge in [0.2, 0.25) is 6.41 Å². The van der Waals surface area contributed by atoms with Gasteiger partial charge >= 0.3 is 0 Å². The van der Waals surface area contributed by atoms with Crippen LogP contribution in [0.25, 0.3) is 0 Å². The Balaban J connectivity index is 2.17. The number of nitriles is 1. The fourth-order valence-electron chi connectivity index (χ4n) is 1.76. The molecule has 1 amide bonds. The van der Waals surface area contributed by atoms with Crippen molar-refractivity contribution in [3.63, 3.8) is 0 Å². The Kier molecular flexibility index (Phi) is 4.78. The summed E-state index contributed by atoms with van der Waals surface area (Å²) in [6.07, 6.45) is 0.616. The number of hydrogen-bond donors (Lipinski definition) is 1. The normalized spacial score (nSPS) is 9.52. The van der Waals surface area contributed by atoms with Crippen molar-refractivity contribution in [3.05, 3.63) is 48.0 Å².